The number of esters is 1. The summed E-state index contributed by atoms with van der Waals surface area (Å²) in [5.41, 5.74) is 6.47. The van der Waals surface area contributed by atoms with Gasteiger partial charge < -0.3 is 10.5 Å². The van der Waals surface area contributed by atoms with Gasteiger partial charge in [-0.25, -0.2) is 0 Å². The molecule has 0 amide bonds. The van der Waals surface area contributed by atoms with Gasteiger partial charge in [0.05, 0.1) is 6.61 Å². The topological polar surface area (TPSA) is 92.9 Å². The molecule has 1 heterocycles. The van der Waals surface area contributed by atoms with Gasteiger partial charge in [-0.2, -0.15) is 17.0 Å². The molecule has 1 atom stereocenters. The van der Waals surface area contributed by atoms with Crippen LogP contribution >= 0.6 is 0 Å². The van der Waals surface area contributed by atoms with E-state index in [2.05, 4.69) is 0 Å². The van der Waals surface area contributed by atoms with Crippen LogP contribution in [0.25, 0.3) is 0 Å². The molecule has 0 radical (unpaired) electrons. The van der Waals surface area contributed by atoms with Crippen LogP contribution in [0.1, 0.15) is 31.7 Å². The Balaban J connectivity index is 2.22. The molecule has 0 aromatic heterocycles. The molecule has 25 heavy (non-hydrogen) atoms. The van der Waals surface area contributed by atoms with E-state index < -0.39 is 22.2 Å². The van der Waals surface area contributed by atoms with Crippen molar-refractivity contribution >= 4 is 16.2 Å². The first kappa shape index (κ1) is 19.8. The zero-order chi connectivity index (χ0) is 18.3. The number of carbonyl (C=O) groups excluding carboxylic acids is 1. The van der Waals surface area contributed by atoms with Crippen LogP contribution in [0.15, 0.2) is 30.3 Å². The molecular formula is C17H27N3O4S. The highest BCUT2D eigenvalue weighted by Crippen LogP contribution is 2.25. The maximum Gasteiger partial charge on any atom is 0.324 e. The average molecular weight is 369 g/mol. The zero-order valence-corrected chi connectivity index (χ0v) is 15.5. The molecule has 1 aromatic rings. The third-order valence-electron chi connectivity index (χ3n) is 4.20. The van der Waals surface area contributed by atoms with Crippen molar-refractivity contribution in [3.63, 3.8) is 0 Å². The van der Waals surface area contributed by atoms with E-state index in [4.69, 9.17) is 10.5 Å². The molecule has 0 saturated carbocycles. The molecule has 0 spiro atoms. The summed E-state index contributed by atoms with van der Waals surface area (Å²) >= 11 is 0. The van der Waals surface area contributed by atoms with E-state index in [1.54, 1.807) is 6.92 Å². The summed E-state index contributed by atoms with van der Waals surface area (Å²) < 4.78 is 34.1. The Morgan fingerprint density at radius 1 is 1.36 bits per heavy atom. The van der Waals surface area contributed by atoms with Crippen LogP contribution in [-0.2, 0) is 26.3 Å². The van der Waals surface area contributed by atoms with Crippen LogP contribution in [0.3, 0.4) is 0 Å². The van der Waals surface area contributed by atoms with Gasteiger partial charge in [0.25, 0.3) is 10.2 Å². The number of ether oxygens (including phenoxy) is 1. The summed E-state index contributed by atoms with van der Waals surface area (Å²) in [4.78, 5) is 12.1. The van der Waals surface area contributed by atoms with Gasteiger partial charge in [0.15, 0.2) is 0 Å². The van der Waals surface area contributed by atoms with Crippen LogP contribution in [0.5, 0.6) is 0 Å². The number of nitrogens with two attached hydrogens (primary N) is 1. The number of carbonyl (C=O) groups is 1. The first-order valence-electron chi connectivity index (χ1n) is 8.68. The molecule has 140 valence electrons. The van der Waals surface area contributed by atoms with E-state index >= 15 is 0 Å². The van der Waals surface area contributed by atoms with Gasteiger partial charge in [-0.1, -0.05) is 30.3 Å². The van der Waals surface area contributed by atoms with Crippen LogP contribution in [-0.4, -0.2) is 55.3 Å². The van der Waals surface area contributed by atoms with Gasteiger partial charge >= 0.3 is 5.97 Å². The van der Waals surface area contributed by atoms with E-state index in [1.165, 1.54) is 8.61 Å². The van der Waals surface area contributed by atoms with Crippen molar-refractivity contribution in [3.05, 3.63) is 35.9 Å². The summed E-state index contributed by atoms with van der Waals surface area (Å²) in [5, 5.41) is 0. The minimum absolute atomic E-state index is 0.240. The number of benzene rings is 1. The summed E-state index contributed by atoms with van der Waals surface area (Å²) in [6, 6.07) is 8.68. The van der Waals surface area contributed by atoms with Crippen LogP contribution in [0.2, 0.25) is 0 Å². The second-order valence-corrected chi connectivity index (χ2v) is 7.87. The SMILES string of the molecule is CCOC(=O)C1CCCN1S(=O)(=O)N(CCCN)Cc1ccccc1. The van der Waals surface area contributed by atoms with Crippen LogP contribution in [0, 0.1) is 0 Å². The molecule has 8 heteroatoms. The molecule has 1 aromatic carbocycles. The molecule has 2 rings (SSSR count). The molecular weight excluding hydrogens is 342 g/mol. The maximum absolute atomic E-state index is 13.2. The van der Waals surface area contributed by atoms with Gasteiger partial charge in [0.2, 0.25) is 0 Å². The summed E-state index contributed by atoms with van der Waals surface area (Å²) in [6.07, 6.45) is 1.71. The summed E-state index contributed by atoms with van der Waals surface area (Å²) in [7, 11) is -3.77. The second kappa shape index (κ2) is 9.28. The Morgan fingerprint density at radius 3 is 2.72 bits per heavy atom. The maximum atomic E-state index is 13.2. The third-order valence-corrected chi connectivity index (χ3v) is 6.19. The highest BCUT2D eigenvalue weighted by Gasteiger charge is 2.42. The Bertz CT molecular complexity index is 651. The monoisotopic (exact) mass is 369 g/mol. The van der Waals surface area contributed by atoms with E-state index in [0.717, 1.165) is 5.56 Å². The predicted molar refractivity (Wildman–Crippen MR) is 95.8 cm³/mol. The van der Waals surface area contributed by atoms with Gasteiger partial charge in [0.1, 0.15) is 6.04 Å². The summed E-state index contributed by atoms with van der Waals surface area (Å²) in [6.45, 7) is 3.27. The first-order valence-corrected chi connectivity index (χ1v) is 10.1. The molecule has 0 aliphatic carbocycles. The van der Waals surface area contributed by atoms with Crippen molar-refractivity contribution in [2.45, 2.75) is 38.8 Å². The van der Waals surface area contributed by atoms with Crippen molar-refractivity contribution in [1.29, 1.82) is 0 Å². The molecule has 7 nitrogen and oxygen atoms in total. The van der Waals surface area contributed by atoms with Crippen LogP contribution in [0.4, 0.5) is 0 Å². The molecule has 1 unspecified atom stereocenters. The Labute approximate surface area is 149 Å². The second-order valence-electron chi connectivity index (χ2n) is 5.99. The lowest BCUT2D eigenvalue weighted by atomic mass is 10.2. The molecule has 1 aliphatic heterocycles. The highest BCUT2D eigenvalue weighted by molar-refractivity contribution is 7.86. The van der Waals surface area contributed by atoms with Crippen molar-refractivity contribution in [3.8, 4) is 0 Å². The number of hydrogen-bond donors (Lipinski definition) is 1. The van der Waals surface area contributed by atoms with Gasteiger partial charge in [-0.05, 0) is 38.3 Å². The van der Waals surface area contributed by atoms with Gasteiger partial charge in [-0.3, -0.25) is 4.79 Å². The van der Waals surface area contributed by atoms with Crippen molar-refractivity contribution in [2.24, 2.45) is 5.73 Å². The fraction of sp³-hybridized carbons (Fsp3) is 0.588. The Hall–Kier alpha value is -1.48. The average Bonchev–Trinajstić information content (AvgIpc) is 3.10. The van der Waals surface area contributed by atoms with E-state index in [-0.39, 0.29) is 13.2 Å². The van der Waals surface area contributed by atoms with Gasteiger partial charge in [0, 0.05) is 19.6 Å². The molecule has 1 saturated heterocycles. The molecule has 1 fully saturated rings. The minimum atomic E-state index is -3.77. The quantitative estimate of drug-likeness (QED) is 0.658. The number of hydrogen-bond acceptors (Lipinski definition) is 5. The lowest BCUT2D eigenvalue weighted by Crippen LogP contribution is -2.49. The van der Waals surface area contributed by atoms with Crippen molar-refractivity contribution < 1.29 is 17.9 Å². The highest BCUT2D eigenvalue weighted by atomic mass is 32.2. The Kier molecular flexibility index (Phi) is 7.37. The number of nitrogens with zero attached hydrogens (tertiary/aromatic N) is 2. The third kappa shape index (κ3) is 5.01. The lowest BCUT2D eigenvalue weighted by molar-refractivity contribution is -0.146. The van der Waals surface area contributed by atoms with Crippen LogP contribution < -0.4 is 5.73 Å². The molecule has 2 N–H and O–H groups in total. The zero-order valence-electron chi connectivity index (χ0n) is 14.6. The molecule has 1 aliphatic rings. The molecule has 0 bridgehead atoms. The Morgan fingerprint density at radius 2 is 2.08 bits per heavy atom. The van der Waals surface area contributed by atoms with E-state index in [0.29, 0.717) is 38.9 Å². The minimum Gasteiger partial charge on any atom is -0.465 e. The van der Waals surface area contributed by atoms with Gasteiger partial charge in [-0.15, -0.1) is 0 Å². The smallest absolute Gasteiger partial charge is 0.324 e. The number of rotatable bonds is 9. The standard InChI is InChI=1S/C17H27N3O4S/c1-2-24-17(21)16-10-6-13-20(16)25(22,23)19(12-7-11-18)14-15-8-4-3-5-9-15/h3-5,8-9,16H,2,6-7,10-14,18H2,1H3. The largest absolute Gasteiger partial charge is 0.465 e. The van der Waals surface area contributed by atoms with Crippen molar-refractivity contribution in [2.75, 3.05) is 26.2 Å². The fourth-order valence-electron chi connectivity index (χ4n) is 2.97. The van der Waals surface area contributed by atoms with E-state index in [1.807, 2.05) is 30.3 Å². The summed E-state index contributed by atoms with van der Waals surface area (Å²) in [5.74, 6) is -0.470. The van der Waals surface area contributed by atoms with Crippen molar-refractivity contribution in [1.82, 2.24) is 8.61 Å². The predicted octanol–water partition coefficient (Wildman–Crippen LogP) is 1.11. The lowest BCUT2D eigenvalue weighted by Gasteiger charge is -2.30. The normalized spacial score (nSPS) is 18.6. The fourth-order valence-corrected chi connectivity index (χ4v) is 4.81. The first-order chi connectivity index (χ1) is 12.0. The van der Waals surface area contributed by atoms with E-state index in [9.17, 15) is 13.2 Å².